The number of rotatable bonds is 5. The zero-order valence-corrected chi connectivity index (χ0v) is 13.9. The minimum Gasteiger partial charge on any atom is -0.395 e. The summed E-state index contributed by atoms with van der Waals surface area (Å²) in [7, 11) is 0. The highest BCUT2D eigenvalue weighted by Gasteiger charge is 2.43. The average molecular weight is 350 g/mol. The molecule has 0 saturated heterocycles. The molecule has 5 nitrogen and oxygen atoms in total. The van der Waals surface area contributed by atoms with E-state index in [1.165, 1.54) is 11.6 Å². The Balaban J connectivity index is 0.00000243. The van der Waals surface area contributed by atoms with Crippen molar-refractivity contribution in [2.45, 2.75) is 39.0 Å². The minimum absolute atomic E-state index is 0. The van der Waals surface area contributed by atoms with Gasteiger partial charge < -0.3 is 14.8 Å². The van der Waals surface area contributed by atoms with E-state index < -0.39 is 6.29 Å². The van der Waals surface area contributed by atoms with Crippen molar-refractivity contribution in [2.24, 2.45) is 0 Å². The normalized spacial score (nSPS) is 14.6. The van der Waals surface area contributed by atoms with Crippen molar-refractivity contribution < 1.29 is 24.5 Å². The molecule has 134 valence electrons. The topological polar surface area (TPSA) is 60.5 Å². The predicted octanol–water partition coefficient (Wildman–Crippen LogP) is 3.63. The lowest BCUT2D eigenvalue weighted by molar-refractivity contribution is -0.286. The van der Waals surface area contributed by atoms with Crippen LogP contribution in [0.1, 0.15) is 38.0 Å². The van der Waals surface area contributed by atoms with Crippen LogP contribution >= 0.6 is 0 Å². The molecule has 2 heterocycles. The largest absolute Gasteiger partial charge is 0.586 e. The van der Waals surface area contributed by atoms with Crippen molar-refractivity contribution in [1.82, 2.24) is 10.3 Å². The molecule has 2 aromatic rings. The second kappa shape index (κ2) is 6.66. The van der Waals surface area contributed by atoms with Gasteiger partial charge >= 0.3 is 6.29 Å². The number of aromatic nitrogens is 1. The standard InChI is InChI=1S/C18H18F2N2O3.H2/c1-11(2)13-5-3-12(4-6-13)7-17(23)22-9-14-8-15-16(10-21-14)25-18(19,20)24-15;/h3-6,8,10-11H,7,9H2,1-2H3,(H,22,23);1H. The molecule has 1 amide bonds. The van der Waals surface area contributed by atoms with E-state index >= 15 is 0 Å². The van der Waals surface area contributed by atoms with E-state index in [1.807, 2.05) is 24.3 Å². The number of fused-ring (bicyclic) bond motifs is 1. The lowest BCUT2D eigenvalue weighted by atomic mass is 10.0. The second-order valence-corrected chi connectivity index (χ2v) is 6.14. The molecular formula is C18H20F2N2O3. The molecule has 0 bridgehead atoms. The van der Waals surface area contributed by atoms with Gasteiger partial charge in [0.2, 0.25) is 5.91 Å². The lowest BCUT2D eigenvalue weighted by Crippen LogP contribution is -2.26. The Bertz CT molecular complexity index is 783. The first-order chi connectivity index (χ1) is 11.8. The molecule has 0 fully saturated rings. The van der Waals surface area contributed by atoms with E-state index in [0.29, 0.717) is 11.6 Å². The van der Waals surface area contributed by atoms with Crippen molar-refractivity contribution in [1.29, 1.82) is 0 Å². The molecule has 1 aliphatic heterocycles. The Morgan fingerprint density at radius 3 is 2.60 bits per heavy atom. The number of halogens is 2. The van der Waals surface area contributed by atoms with E-state index in [1.54, 1.807) is 0 Å². The van der Waals surface area contributed by atoms with Crippen LogP contribution in [0.4, 0.5) is 8.78 Å². The van der Waals surface area contributed by atoms with E-state index in [4.69, 9.17) is 0 Å². The van der Waals surface area contributed by atoms with Crippen LogP contribution in [-0.4, -0.2) is 17.2 Å². The van der Waals surface area contributed by atoms with Crippen LogP contribution in [0.2, 0.25) is 0 Å². The highest BCUT2D eigenvalue weighted by atomic mass is 19.3. The molecule has 0 saturated carbocycles. The molecule has 7 heteroatoms. The zero-order chi connectivity index (χ0) is 18.0. The van der Waals surface area contributed by atoms with Crippen molar-refractivity contribution >= 4 is 5.91 Å². The maximum Gasteiger partial charge on any atom is 0.586 e. The fraction of sp³-hybridized carbons (Fsp3) is 0.333. The molecule has 0 atom stereocenters. The van der Waals surface area contributed by atoms with Crippen LogP contribution < -0.4 is 14.8 Å². The molecule has 25 heavy (non-hydrogen) atoms. The molecule has 0 unspecified atom stereocenters. The first-order valence-electron chi connectivity index (χ1n) is 7.93. The van der Waals surface area contributed by atoms with Gasteiger partial charge in [-0.2, -0.15) is 0 Å². The van der Waals surface area contributed by atoms with Gasteiger partial charge in [-0.05, 0) is 17.0 Å². The Morgan fingerprint density at radius 1 is 1.24 bits per heavy atom. The van der Waals surface area contributed by atoms with Gasteiger partial charge in [0.15, 0.2) is 11.5 Å². The third-order valence-electron chi connectivity index (χ3n) is 3.82. The quantitative estimate of drug-likeness (QED) is 0.894. The second-order valence-electron chi connectivity index (χ2n) is 6.14. The predicted molar refractivity (Wildman–Crippen MR) is 88.6 cm³/mol. The Hall–Kier alpha value is -2.70. The Morgan fingerprint density at radius 2 is 1.92 bits per heavy atom. The number of hydrogen-bond donors (Lipinski definition) is 1. The minimum atomic E-state index is -3.67. The molecular weight excluding hydrogens is 330 g/mol. The summed E-state index contributed by atoms with van der Waals surface area (Å²) in [6, 6.07) is 9.19. The number of nitrogens with zero attached hydrogens (tertiary/aromatic N) is 1. The van der Waals surface area contributed by atoms with Crippen LogP contribution in [0, 0.1) is 0 Å². The molecule has 0 radical (unpaired) electrons. The van der Waals surface area contributed by atoms with E-state index in [9.17, 15) is 13.6 Å². The lowest BCUT2D eigenvalue weighted by Gasteiger charge is -2.08. The van der Waals surface area contributed by atoms with Gasteiger partial charge in [-0.3, -0.25) is 9.78 Å². The molecule has 1 aromatic carbocycles. The maximum atomic E-state index is 13.0. The summed E-state index contributed by atoms with van der Waals surface area (Å²) in [6.45, 7) is 4.33. The van der Waals surface area contributed by atoms with Gasteiger partial charge in [-0.15, -0.1) is 8.78 Å². The van der Waals surface area contributed by atoms with Crippen LogP contribution in [0.15, 0.2) is 36.5 Å². The van der Waals surface area contributed by atoms with Gasteiger partial charge in [0.25, 0.3) is 0 Å². The monoisotopic (exact) mass is 350 g/mol. The van der Waals surface area contributed by atoms with Crippen LogP contribution in [0.3, 0.4) is 0 Å². The van der Waals surface area contributed by atoms with E-state index in [0.717, 1.165) is 11.8 Å². The summed E-state index contributed by atoms with van der Waals surface area (Å²) in [4.78, 5) is 16.0. The van der Waals surface area contributed by atoms with Gasteiger partial charge in [0.1, 0.15) is 0 Å². The molecule has 1 aromatic heterocycles. The number of hydrogen-bond acceptors (Lipinski definition) is 4. The first-order valence-corrected chi connectivity index (χ1v) is 7.93. The van der Waals surface area contributed by atoms with Crippen LogP contribution in [0.5, 0.6) is 11.5 Å². The molecule has 1 N–H and O–H groups in total. The van der Waals surface area contributed by atoms with Crippen molar-refractivity contribution in [3.8, 4) is 11.5 Å². The molecule has 0 spiro atoms. The van der Waals surface area contributed by atoms with Gasteiger partial charge in [-0.1, -0.05) is 38.1 Å². The van der Waals surface area contributed by atoms with Crippen molar-refractivity contribution in [3.63, 3.8) is 0 Å². The van der Waals surface area contributed by atoms with Crippen LogP contribution in [-0.2, 0) is 17.8 Å². The van der Waals surface area contributed by atoms with E-state index in [-0.39, 0.29) is 31.8 Å². The van der Waals surface area contributed by atoms with Gasteiger partial charge in [0, 0.05) is 7.49 Å². The fourth-order valence-electron chi connectivity index (χ4n) is 2.45. The number of amides is 1. The van der Waals surface area contributed by atoms with Crippen molar-refractivity contribution in [3.05, 3.63) is 53.3 Å². The number of alkyl halides is 2. The molecule has 0 aliphatic carbocycles. The van der Waals surface area contributed by atoms with Crippen LogP contribution in [0.25, 0.3) is 0 Å². The third kappa shape index (κ3) is 4.23. The zero-order valence-electron chi connectivity index (χ0n) is 13.9. The number of nitrogens with one attached hydrogen (secondary N) is 1. The maximum absolute atomic E-state index is 13.0. The number of carbonyl (C=O) groups is 1. The SMILES string of the molecule is CC(C)c1ccc(CC(=O)NCc2cc3c(cn2)OC(F)(F)O3)cc1.[HH]. The Kier molecular flexibility index (Phi) is 4.57. The first kappa shape index (κ1) is 17.1. The summed E-state index contributed by atoms with van der Waals surface area (Å²) >= 11 is 0. The van der Waals surface area contributed by atoms with Gasteiger partial charge in [0.05, 0.1) is 24.9 Å². The third-order valence-corrected chi connectivity index (χ3v) is 3.82. The average Bonchev–Trinajstić information content (AvgIpc) is 2.86. The summed E-state index contributed by atoms with van der Waals surface area (Å²) in [5.41, 5.74) is 2.52. The fourth-order valence-corrected chi connectivity index (χ4v) is 2.45. The highest BCUT2D eigenvalue weighted by molar-refractivity contribution is 5.78. The molecule has 1 aliphatic rings. The molecule has 3 rings (SSSR count). The highest BCUT2D eigenvalue weighted by Crippen LogP contribution is 2.40. The van der Waals surface area contributed by atoms with E-state index in [2.05, 4.69) is 33.6 Å². The number of pyridine rings is 1. The van der Waals surface area contributed by atoms with Gasteiger partial charge in [-0.25, -0.2) is 0 Å². The number of ether oxygens (including phenoxy) is 2. The summed E-state index contributed by atoms with van der Waals surface area (Å²) < 4.78 is 34.6. The summed E-state index contributed by atoms with van der Waals surface area (Å²) in [6.07, 6.45) is -2.28. The van der Waals surface area contributed by atoms with Crippen molar-refractivity contribution in [2.75, 3.05) is 0 Å². The number of benzene rings is 1. The smallest absolute Gasteiger partial charge is 0.395 e. The summed E-state index contributed by atoms with van der Waals surface area (Å²) in [5, 5.41) is 2.71. The summed E-state index contributed by atoms with van der Waals surface area (Å²) in [5.74, 6) is 0.0493. The Labute approximate surface area is 145 Å². The number of carbonyl (C=O) groups excluding carboxylic acids is 1.